The summed E-state index contributed by atoms with van der Waals surface area (Å²) in [7, 11) is 0. The largest absolute Gasteiger partial charge is 0.316 e. The Bertz CT molecular complexity index is 480. The summed E-state index contributed by atoms with van der Waals surface area (Å²) >= 11 is 0. The minimum Gasteiger partial charge on any atom is -0.316 e. The average Bonchev–Trinajstić information content (AvgIpc) is 2.88. The first-order valence-electron chi connectivity index (χ1n) is 8.40. The average molecular weight is 290 g/mol. The lowest BCUT2D eigenvalue weighted by Gasteiger charge is -2.37. The standard InChI is InChI=1S/C18H27FN2/c1-13(2)21(12-14-4-3-9-20-11-14)18-8-5-15-10-16(19)6-7-17(15)18/h6-7,10,13-14,18,20H,3-5,8-9,11-12H2,1-2H3. The van der Waals surface area contributed by atoms with Crippen LogP contribution in [0.3, 0.4) is 0 Å². The van der Waals surface area contributed by atoms with Crippen LogP contribution < -0.4 is 5.32 Å². The summed E-state index contributed by atoms with van der Waals surface area (Å²) in [5.74, 6) is 0.660. The highest BCUT2D eigenvalue weighted by Gasteiger charge is 2.31. The second-order valence-corrected chi connectivity index (χ2v) is 6.90. The molecule has 1 aliphatic carbocycles. The Morgan fingerprint density at radius 2 is 2.19 bits per heavy atom. The summed E-state index contributed by atoms with van der Waals surface area (Å²) < 4.78 is 13.4. The Morgan fingerprint density at radius 3 is 2.90 bits per heavy atom. The van der Waals surface area contributed by atoms with E-state index < -0.39 is 0 Å². The van der Waals surface area contributed by atoms with Gasteiger partial charge in [-0.3, -0.25) is 4.90 Å². The molecule has 2 unspecified atom stereocenters. The normalized spacial score (nSPS) is 25.6. The molecule has 1 fully saturated rings. The smallest absolute Gasteiger partial charge is 0.123 e. The second-order valence-electron chi connectivity index (χ2n) is 6.90. The van der Waals surface area contributed by atoms with Crippen LogP contribution >= 0.6 is 0 Å². The van der Waals surface area contributed by atoms with Gasteiger partial charge in [-0.05, 0) is 81.8 Å². The number of hydrogen-bond acceptors (Lipinski definition) is 2. The lowest BCUT2D eigenvalue weighted by atomic mass is 9.96. The molecule has 1 heterocycles. The summed E-state index contributed by atoms with van der Waals surface area (Å²) in [5.41, 5.74) is 2.57. The number of piperidine rings is 1. The number of nitrogens with one attached hydrogen (secondary N) is 1. The lowest BCUT2D eigenvalue weighted by molar-refractivity contribution is 0.117. The number of fused-ring (bicyclic) bond motifs is 1. The summed E-state index contributed by atoms with van der Waals surface area (Å²) in [6, 6.07) is 6.38. The van der Waals surface area contributed by atoms with E-state index in [1.807, 2.05) is 6.07 Å². The van der Waals surface area contributed by atoms with E-state index in [0.717, 1.165) is 31.8 Å². The first-order valence-corrected chi connectivity index (χ1v) is 8.40. The SMILES string of the molecule is CC(C)N(CC1CCCNC1)C1CCc2cc(F)ccc21. The molecule has 1 saturated heterocycles. The molecule has 1 N–H and O–H groups in total. The van der Waals surface area contributed by atoms with Gasteiger partial charge < -0.3 is 5.32 Å². The first-order chi connectivity index (χ1) is 10.1. The van der Waals surface area contributed by atoms with Crippen LogP contribution in [-0.4, -0.2) is 30.6 Å². The van der Waals surface area contributed by atoms with Crippen molar-refractivity contribution in [3.8, 4) is 0 Å². The molecule has 21 heavy (non-hydrogen) atoms. The van der Waals surface area contributed by atoms with E-state index in [4.69, 9.17) is 0 Å². The maximum absolute atomic E-state index is 13.4. The third-order valence-corrected chi connectivity index (χ3v) is 5.08. The van der Waals surface area contributed by atoms with Crippen LogP contribution in [0, 0.1) is 11.7 Å². The first kappa shape index (κ1) is 15.0. The van der Waals surface area contributed by atoms with Crippen LogP contribution in [0.25, 0.3) is 0 Å². The fourth-order valence-corrected chi connectivity index (χ4v) is 3.98. The molecule has 0 amide bonds. The zero-order valence-corrected chi connectivity index (χ0v) is 13.2. The number of rotatable bonds is 4. The molecule has 2 aliphatic rings. The van der Waals surface area contributed by atoms with E-state index in [-0.39, 0.29) is 5.82 Å². The molecular formula is C18H27FN2. The van der Waals surface area contributed by atoms with Crippen molar-refractivity contribution in [3.05, 3.63) is 35.1 Å². The predicted octanol–water partition coefficient (Wildman–Crippen LogP) is 3.52. The van der Waals surface area contributed by atoms with Crippen LogP contribution in [0.4, 0.5) is 4.39 Å². The van der Waals surface area contributed by atoms with Crippen LogP contribution in [0.15, 0.2) is 18.2 Å². The molecule has 0 aromatic heterocycles. The van der Waals surface area contributed by atoms with Gasteiger partial charge in [-0.15, -0.1) is 0 Å². The molecule has 3 rings (SSSR count). The molecule has 0 saturated carbocycles. The molecule has 2 atom stereocenters. The van der Waals surface area contributed by atoms with Crippen molar-refractivity contribution in [2.75, 3.05) is 19.6 Å². The third kappa shape index (κ3) is 3.29. The summed E-state index contributed by atoms with van der Waals surface area (Å²) in [4.78, 5) is 2.64. The monoisotopic (exact) mass is 290 g/mol. The van der Waals surface area contributed by atoms with E-state index in [1.54, 1.807) is 12.1 Å². The van der Waals surface area contributed by atoms with E-state index in [9.17, 15) is 4.39 Å². The van der Waals surface area contributed by atoms with Gasteiger partial charge in [0.15, 0.2) is 0 Å². The quantitative estimate of drug-likeness (QED) is 0.912. The number of nitrogens with zero attached hydrogens (tertiary/aromatic N) is 1. The van der Waals surface area contributed by atoms with Gasteiger partial charge in [0.2, 0.25) is 0 Å². The van der Waals surface area contributed by atoms with Crippen molar-refractivity contribution in [2.45, 2.75) is 51.6 Å². The zero-order valence-electron chi connectivity index (χ0n) is 13.2. The van der Waals surface area contributed by atoms with E-state index >= 15 is 0 Å². The van der Waals surface area contributed by atoms with Crippen molar-refractivity contribution < 1.29 is 4.39 Å². The van der Waals surface area contributed by atoms with Gasteiger partial charge in [0.05, 0.1) is 0 Å². The number of benzene rings is 1. The summed E-state index contributed by atoms with van der Waals surface area (Å²) in [6.07, 6.45) is 4.78. The molecule has 0 radical (unpaired) electrons. The van der Waals surface area contributed by atoms with Gasteiger partial charge in [-0.25, -0.2) is 4.39 Å². The summed E-state index contributed by atoms with van der Waals surface area (Å²) in [5, 5.41) is 3.52. The Morgan fingerprint density at radius 1 is 1.33 bits per heavy atom. The Hall–Kier alpha value is -0.930. The van der Waals surface area contributed by atoms with Crippen molar-refractivity contribution in [1.82, 2.24) is 10.2 Å². The van der Waals surface area contributed by atoms with Gasteiger partial charge >= 0.3 is 0 Å². The molecule has 3 heteroatoms. The van der Waals surface area contributed by atoms with Crippen molar-refractivity contribution in [2.24, 2.45) is 5.92 Å². The fraction of sp³-hybridized carbons (Fsp3) is 0.667. The maximum Gasteiger partial charge on any atom is 0.123 e. The Labute approximate surface area is 127 Å². The summed E-state index contributed by atoms with van der Waals surface area (Å²) in [6.45, 7) is 8.05. The number of hydrogen-bond donors (Lipinski definition) is 1. The lowest BCUT2D eigenvalue weighted by Crippen LogP contribution is -2.42. The molecule has 116 valence electrons. The second kappa shape index (κ2) is 6.45. The zero-order chi connectivity index (χ0) is 14.8. The highest BCUT2D eigenvalue weighted by molar-refractivity contribution is 5.35. The van der Waals surface area contributed by atoms with Crippen LogP contribution in [0.2, 0.25) is 0 Å². The van der Waals surface area contributed by atoms with Crippen molar-refractivity contribution in [3.63, 3.8) is 0 Å². The van der Waals surface area contributed by atoms with Gasteiger partial charge in [0.1, 0.15) is 5.82 Å². The molecule has 0 spiro atoms. The van der Waals surface area contributed by atoms with Gasteiger partial charge in [0, 0.05) is 18.6 Å². The van der Waals surface area contributed by atoms with E-state index in [1.165, 1.54) is 30.5 Å². The Kier molecular flexibility index (Phi) is 4.60. The minimum absolute atomic E-state index is 0.0954. The molecular weight excluding hydrogens is 263 g/mol. The van der Waals surface area contributed by atoms with Gasteiger partial charge in [-0.2, -0.15) is 0 Å². The van der Waals surface area contributed by atoms with Crippen LogP contribution in [-0.2, 0) is 6.42 Å². The van der Waals surface area contributed by atoms with E-state index in [0.29, 0.717) is 12.1 Å². The molecule has 1 aromatic rings. The van der Waals surface area contributed by atoms with Crippen LogP contribution in [0.1, 0.15) is 50.3 Å². The molecule has 1 aliphatic heterocycles. The topological polar surface area (TPSA) is 15.3 Å². The highest BCUT2D eigenvalue weighted by Crippen LogP contribution is 2.37. The number of aryl methyl sites for hydroxylation is 1. The highest BCUT2D eigenvalue weighted by atomic mass is 19.1. The minimum atomic E-state index is -0.0954. The molecule has 2 nitrogen and oxygen atoms in total. The Balaban J connectivity index is 1.76. The molecule has 1 aromatic carbocycles. The van der Waals surface area contributed by atoms with Gasteiger partial charge in [0.25, 0.3) is 0 Å². The van der Waals surface area contributed by atoms with Gasteiger partial charge in [-0.1, -0.05) is 6.07 Å². The maximum atomic E-state index is 13.4. The van der Waals surface area contributed by atoms with Crippen molar-refractivity contribution in [1.29, 1.82) is 0 Å². The third-order valence-electron chi connectivity index (χ3n) is 5.08. The van der Waals surface area contributed by atoms with Crippen molar-refractivity contribution >= 4 is 0 Å². The van der Waals surface area contributed by atoms with Crippen LogP contribution in [0.5, 0.6) is 0 Å². The fourth-order valence-electron chi connectivity index (χ4n) is 3.98. The number of halogens is 1. The molecule has 0 bridgehead atoms. The van der Waals surface area contributed by atoms with E-state index in [2.05, 4.69) is 24.1 Å². The predicted molar refractivity (Wildman–Crippen MR) is 84.9 cm³/mol.